The Bertz CT molecular complexity index is 1530. The lowest BCUT2D eigenvalue weighted by atomic mass is 9.68. The number of nitro benzene ring substituents is 1. The maximum atomic E-state index is 13.0. The van der Waals surface area contributed by atoms with E-state index in [1.165, 1.54) is 30.4 Å². The van der Waals surface area contributed by atoms with Gasteiger partial charge in [-0.1, -0.05) is 72.8 Å². The number of carbonyl (C=O) groups excluding carboxylic acids is 2. The van der Waals surface area contributed by atoms with Gasteiger partial charge in [0.05, 0.1) is 29.2 Å². The van der Waals surface area contributed by atoms with E-state index >= 15 is 0 Å². The maximum Gasteiger partial charge on any atom is 0.336 e. The van der Waals surface area contributed by atoms with Crippen LogP contribution in [0.3, 0.4) is 0 Å². The fourth-order valence-corrected chi connectivity index (χ4v) is 6.75. The van der Waals surface area contributed by atoms with Gasteiger partial charge in [0, 0.05) is 42.0 Å². The third-order valence-corrected chi connectivity index (χ3v) is 9.02. The topological polar surface area (TPSA) is 137 Å². The number of rotatable bonds is 10. The van der Waals surface area contributed by atoms with Crippen LogP contribution in [0, 0.1) is 10.1 Å². The number of halogens is 1. The lowest BCUT2D eigenvalue weighted by Gasteiger charge is -2.43. The summed E-state index contributed by atoms with van der Waals surface area (Å²) in [7, 11) is 1.32. The summed E-state index contributed by atoms with van der Waals surface area (Å²) in [5.74, 6) is -1.16. The summed E-state index contributed by atoms with van der Waals surface area (Å²) in [6, 6.07) is 27.5. The molecule has 0 bridgehead atoms. The summed E-state index contributed by atoms with van der Waals surface area (Å²) in [6.45, 7) is 6.46. The van der Waals surface area contributed by atoms with Crippen molar-refractivity contribution in [3.05, 3.63) is 134 Å². The molecule has 46 heavy (non-hydrogen) atoms. The molecule has 5 rings (SSSR count). The Labute approximate surface area is 275 Å². The summed E-state index contributed by atoms with van der Waals surface area (Å²) >= 11 is 0. The first kappa shape index (κ1) is 36.0. The molecule has 244 valence electrons. The van der Waals surface area contributed by atoms with E-state index in [4.69, 9.17) is 4.74 Å². The van der Waals surface area contributed by atoms with E-state index in [0.717, 1.165) is 38.0 Å². The molecule has 0 aliphatic carbocycles. The predicted molar refractivity (Wildman–Crippen MR) is 179 cm³/mol. The van der Waals surface area contributed by atoms with Crippen LogP contribution in [0.5, 0.6) is 0 Å². The molecule has 11 heteroatoms. The van der Waals surface area contributed by atoms with Crippen LogP contribution in [0.4, 0.5) is 5.69 Å². The minimum Gasteiger partial charge on any atom is -0.466 e. The first-order chi connectivity index (χ1) is 21.3. The molecule has 1 unspecified atom stereocenters. The van der Waals surface area contributed by atoms with Gasteiger partial charge >= 0.3 is 5.97 Å². The number of non-ortho nitro benzene ring substituents is 1. The van der Waals surface area contributed by atoms with Gasteiger partial charge in [-0.2, -0.15) is 0 Å². The van der Waals surface area contributed by atoms with Crippen molar-refractivity contribution in [3.63, 3.8) is 0 Å². The molecule has 0 saturated carbocycles. The van der Waals surface area contributed by atoms with E-state index in [2.05, 4.69) is 58.7 Å². The zero-order valence-corrected chi connectivity index (χ0v) is 27.1. The van der Waals surface area contributed by atoms with Crippen LogP contribution in [0.1, 0.15) is 49.3 Å². The first-order valence-corrected chi connectivity index (χ1v) is 14.9. The molecule has 1 amide bonds. The van der Waals surface area contributed by atoms with Gasteiger partial charge in [0.1, 0.15) is 0 Å². The summed E-state index contributed by atoms with van der Waals surface area (Å²) in [6.07, 6.45) is 2.70. The molecule has 1 fully saturated rings. The molecule has 1 atom stereocenters. The third-order valence-electron chi connectivity index (χ3n) is 9.02. The minimum absolute atomic E-state index is 0. The van der Waals surface area contributed by atoms with Crippen molar-refractivity contribution in [1.82, 2.24) is 15.1 Å². The lowest BCUT2D eigenvalue weighted by Crippen LogP contribution is -2.46. The van der Waals surface area contributed by atoms with Crippen LogP contribution in [0.15, 0.2) is 108 Å². The SMILES string of the molecule is COC(=O)C1=C(C)NC(C)=C(N(C=O)CCN2CCC(c3ccccc3)(c3ccccc3)CC2)C1c1ccc([N+](=O)[O-])cc1.Cl.O. The Hall–Kier alpha value is -4.51. The monoisotopic (exact) mass is 648 g/mol. The van der Waals surface area contributed by atoms with Gasteiger partial charge in [-0.3, -0.25) is 14.9 Å². The number of carbonyl (C=O) groups is 2. The van der Waals surface area contributed by atoms with E-state index < -0.39 is 16.8 Å². The number of likely N-dealkylation sites (tertiary alicyclic amines) is 1. The van der Waals surface area contributed by atoms with Crippen molar-refractivity contribution in [1.29, 1.82) is 0 Å². The molecular weight excluding hydrogens is 608 g/mol. The number of nitrogens with zero attached hydrogens (tertiary/aromatic N) is 3. The number of allylic oxidation sites excluding steroid dienone is 3. The summed E-state index contributed by atoms with van der Waals surface area (Å²) in [5, 5.41) is 14.6. The number of nitro groups is 1. The van der Waals surface area contributed by atoms with E-state index in [9.17, 15) is 19.7 Å². The highest BCUT2D eigenvalue weighted by Crippen LogP contribution is 2.42. The second kappa shape index (κ2) is 15.7. The quantitative estimate of drug-likeness (QED) is 0.140. The molecule has 10 nitrogen and oxygen atoms in total. The second-order valence-corrected chi connectivity index (χ2v) is 11.4. The average Bonchev–Trinajstić information content (AvgIpc) is 3.06. The molecule has 3 aromatic rings. The fourth-order valence-electron chi connectivity index (χ4n) is 6.75. The van der Waals surface area contributed by atoms with Crippen LogP contribution < -0.4 is 5.32 Å². The maximum absolute atomic E-state index is 13.0. The van der Waals surface area contributed by atoms with E-state index in [0.29, 0.717) is 35.6 Å². The van der Waals surface area contributed by atoms with Gasteiger partial charge in [-0.15, -0.1) is 12.4 Å². The first-order valence-electron chi connectivity index (χ1n) is 14.9. The Kier molecular flexibility index (Phi) is 12.2. The van der Waals surface area contributed by atoms with Crippen LogP contribution in [-0.4, -0.2) is 65.9 Å². The molecule has 3 N–H and O–H groups in total. The van der Waals surface area contributed by atoms with Gasteiger partial charge < -0.3 is 25.3 Å². The van der Waals surface area contributed by atoms with Crippen LogP contribution in [0.2, 0.25) is 0 Å². The van der Waals surface area contributed by atoms with Crippen LogP contribution in [-0.2, 0) is 19.7 Å². The number of dihydropyridines is 1. The number of hydrogen-bond acceptors (Lipinski definition) is 7. The molecule has 0 spiro atoms. The van der Waals surface area contributed by atoms with Crippen molar-refractivity contribution in [2.24, 2.45) is 0 Å². The molecule has 2 aliphatic heterocycles. The molecule has 2 heterocycles. The zero-order chi connectivity index (χ0) is 31.3. The Morgan fingerprint density at radius 3 is 2.00 bits per heavy atom. The number of hydrogen-bond donors (Lipinski definition) is 1. The van der Waals surface area contributed by atoms with Gasteiger partial charge in [-0.25, -0.2) is 4.79 Å². The highest BCUT2D eigenvalue weighted by atomic mass is 35.5. The van der Waals surface area contributed by atoms with Crippen LogP contribution >= 0.6 is 12.4 Å². The predicted octanol–water partition coefficient (Wildman–Crippen LogP) is 5.10. The molecule has 0 aromatic heterocycles. The Morgan fingerprint density at radius 2 is 1.52 bits per heavy atom. The van der Waals surface area contributed by atoms with E-state index in [-0.39, 0.29) is 29.0 Å². The number of ether oxygens (including phenoxy) is 1. The van der Waals surface area contributed by atoms with Gasteiger partial charge in [0.15, 0.2) is 0 Å². The molecule has 1 saturated heterocycles. The van der Waals surface area contributed by atoms with Crippen molar-refractivity contribution in [3.8, 4) is 0 Å². The molecule has 3 aromatic carbocycles. The van der Waals surface area contributed by atoms with Crippen LogP contribution in [0.25, 0.3) is 0 Å². The third kappa shape index (κ3) is 7.14. The lowest BCUT2D eigenvalue weighted by molar-refractivity contribution is -0.384. The minimum atomic E-state index is -0.639. The standard InChI is InChI=1S/C35H38N4O5.ClH.H2O/c1-25-31(34(41)44-3)32(27-14-16-30(17-15-27)39(42)43)33(26(2)36-25)38(24-40)23-22-37-20-18-35(19-21-37,28-10-6-4-7-11-28)29-12-8-5-9-13-29;;/h4-17,24,32,36H,18-23H2,1-3H3;1H;1H2. The number of amides is 1. The average molecular weight is 649 g/mol. The molecular formula is C35H41ClN4O6. The Morgan fingerprint density at radius 1 is 0.978 bits per heavy atom. The number of piperidine rings is 1. The number of methoxy groups -OCH3 is 1. The highest BCUT2D eigenvalue weighted by Gasteiger charge is 2.39. The fraction of sp³-hybridized carbons (Fsp3) is 0.314. The number of benzene rings is 3. The number of nitrogens with one attached hydrogen (secondary N) is 1. The zero-order valence-electron chi connectivity index (χ0n) is 26.3. The van der Waals surface area contributed by atoms with Gasteiger partial charge in [0.25, 0.3) is 5.69 Å². The second-order valence-electron chi connectivity index (χ2n) is 11.4. The van der Waals surface area contributed by atoms with Crippen molar-refractivity contribution in [2.75, 3.05) is 33.3 Å². The molecule has 2 aliphatic rings. The Balaban J connectivity index is 0.00000288. The highest BCUT2D eigenvalue weighted by molar-refractivity contribution is 5.92. The van der Waals surface area contributed by atoms with Gasteiger partial charge in [0.2, 0.25) is 6.41 Å². The van der Waals surface area contributed by atoms with E-state index in [1.807, 2.05) is 19.1 Å². The van der Waals surface area contributed by atoms with Crippen molar-refractivity contribution in [2.45, 2.75) is 38.0 Å². The smallest absolute Gasteiger partial charge is 0.336 e. The molecule has 0 radical (unpaired) electrons. The number of esters is 1. The van der Waals surface area contributed by atoms with Crippen molar-refractivity contribution >= 4 is 30.5 Å². The largest absolute Gasteiger partial charge is 0.466 e. The van der Waals surface area contributed by atoms with Crippen molar-refractivity contribution < 1.29 is 24.7 Å². The summed E-state index contributed by atoms with van der Waals surface area (Å²) < 4.78 is 5.14. The summed E-state index contributed by atoms with van der Waals surface area (Å²) in [4.78, 5) is 40.6. The van der Waals surface area contributed by atoms with Gasteiger partial charge in [-0.05, 0) is 56.5 Å². The van der Waals surface area contributed by atoms with E-state index in [1.54, 1.807) is 24.0 Å². The summed E-state index contributed by atoms with van der Waals surface area (Å²) in [5.41, 5.74) is 5.50. The normalized spacial score (nSPS) is 17.6.